The first-order chi connectivity index (χ1) is 12.4. The summed E-state index contributed by atoms with van der Waals surface area (Å²) in [6.07, 6.45) is 3.06. The number of para-hydroxylation sites is 1. The molecule has 1 heterocycles. The van der Waals surface area contributed by atoms with Gasteiger partial charge in [-0.3, -0.25) is 4.79 Å². The first-order valence-corrected chi connectivity index (χ1v) is 8.48. The third-order valence-electron chi connectivity index (χ3n) is 4.26. The van der Waals surface area contributed by atoms with E-state index in [1.165, 1.54) is 6.20 Å². The lowest BCUT2D eigenvalue weighted by Gasteiger charge is -2.12. The molecule has 1 amide bonds. The molecule has 132 valence electrons. The number of anilines is 3. The van der Waals surface area contributed by atoms with Crippen LogP contribution in [0.2, 0.25) is 0 Å². The summed E-state index contributed by atoms with van der Waals surface area (Å²) in [6.45, 7) is 8.02. The molecule has 0 aliphatic carbocycles. The highest BCUT2D eigenvalue weighted by Gasteiger charge is 2.11. The van der Waals surface area contributed by atoms with E-state index in [9.17, 15) is 4.79 Å². The maximum Gasteiger partial charge on any atom is 0.275 e. The molecular formula is C21H22N4O. The Labute approximate surface area is 153 Å². The molecule has 0 saturated carbocycles. The highest BCUT2D eigenvalue weighted by atomic mass is 16.1. The van der Waals surface area contributed by atoms with Crippen molar-refractivity contribution < 1.29 is 4.79 Å². The Morgan fingerprint density at radius 3 is 2.27 bits per heavy atom. The number of amides is 1. The second-order valence-corrected chi connectivity index (χ2v) is 6.45. The topological polar surface area (TPSA) is 66.9 Å². The van der Waals surface area contributed by atoms with Gasteiger partial charge in [0.1, 0.15) is 11.5 Å². The summed E-state index contributed by atoms with van der Waals surface area (Å²) >= 11 is 0. The Balaban J connectivity index is 1.75. The number of hydrogen-bond acceptors (Lipinski definition) is 4. The predicted octanol–water partition coefficient (Wildman–Crippen LogP) is 4.71. The molecule has 3 aromatic rings. The van der Waals surface area contributed by atoms with E-state index in [1.54, 1.807) is 6.20 Å². The first kappa shape index (κ1) is 17.6. The average Bonchev–Trinajstić information content (AvgIpc) is 2.62. The number of aromatic nitrogens is 2. The van der Waals surface area contributed by atoms with Crippen molar-refractivity contribution in [1.82, 2.24) is 9.97 Å². The fraction of sp³-hybridized carbons (Fsp3) is 0.190. The van der Waals surface area contributed by atoms with Gasteiger partial charge in [-0.05, 0) is 56.0 Å². The molecule has 0 fully saturated rings. The fourth-order valence-electron chi connectivity index (χ4n) is 2.71. The Hall–Kier alpha value is -3.21. The molecule has 0 saturated heterocycles. The third kappa shape index (κ3) is 3.88. The van der Waals surface area contributed by atoms with Crippen molar-refractivity contribution in [3.63, 3.8) is 0 Å². The van der Waals surface area contributed by atoms with Gasteiger partial charge in [0.25, 0.3) is 5.91 Å². The number of benzene rings is 2. The quantitative estimate of drug-likeness (QED) is 0.718. The minimum Gasteiger partial charge on any atom is -0.339 e. The van der Waals surface area contributed by atoms with Crippen LogP contribution in [0.15, 0.2) is 48.8 Å². The van der Waals surface area contributed by atoms with Crippen LogP contribution in [0.5, 0.6) is 0 Å². The van der Waals surface area contributed by atoms with Crippen LogP contribution in [0.25, 0.3) is 0 Å². The summed E-state index contributed by atoms with van der Waals surface area (Å²) in [5.41, 5.74) is 6.42. The van der Waals surface area contributed by atoms with Gasteiger partial charge in [-0.15, -0.1) is 0 Å². The monoisotopic (exact) mass is 346 g/mol. The molecule has 0 aliphatic heterocycles. The van der Waals surface area contributed by atoms with Crippen molar-refractivity contribution in [2.24, 2.45) is 0 Å². The summed E-state index contributed by atoms with van der Waals surface area (Å²) in [4.78, 5) is 21.0. The first-order valence-electron chi connectivity index (χ1n) is 8.48. The van der Waals surface area contributed by atoms with Crippen LogP contribution in [-0.2, 0) is 0 Å². The summed E-state index contributed by atoms with van der Waals surface area (Å²) < 4.78 is 0. The fourth-order valence-corrected chi connectivity index (χ4v) is 2.71. The minimum absolute atomic E-state index is 0.273. The van der Waals surface area contributed by atoms with Gasteiger partial charge in [0.15, 0.2) is 0 Å². The van der Waals surface area contributed by atoms with E-state index >= 15 is 0 Å². The van der Waals surface area contributed by atoms with Crippen LogP contribution in [0.1, 0.15) is 32.7 Å². The molecule has 1 aromatic heterocycles. The summed E-state index contributed by atoms with van der Waals surface area (Å²) in [5.74, 6) is 0.329. The summed E-state index contributed by atoms with van der Waals surface area (Å²) in [6, 6.07) is 12.0. The van der Waals surface area contributed by atoms with E-state index < -0.39 is 0 Å². The smallest absolute Gasteiger partial charge is 0.275 e. The van der Waals surface area contributed by atoms with Crippen LogP contribution in [0.3, 0.4) is 0 Å². The Morgan fingerprint density at radius 1 is 0.885 bits per heavy atom. The molecule has 2 N–H and O–H groups in total. The SMILES string of the molecule is Cc1ccc(C)c(NC(=O)c2cnc(Nc3c(C)cccc3C)cn2)c1. The number of aryl methyl sites for hydroxylation is 4. The van der Waals surface area contributed by atoms with Crippen molar-refractivity contribution in [1.29, 1.82) is 0 Å². The lowest BCUT2D eigenvalue weighted by molar-refractivity contribution is 0.102. The van der Waals surface area contributed by atoms with Gasteiger partial charge in [0.05, 0.1) is 12.4 Å². The number of carbonyl (C=O) groups is 1. The molecule has 0 unspecified atom stereocenters. The third-order valence-corrected chi connectivity index (χ3v) is 4.26. The molecule has 5 heteroatoms. The van der Waals surface area contributed by atoms with E-state index in [2.05, 4.69) is 20.6 Å². The Kier molecular flexibility index (Phi) is 4.98. The predicted molar refractivity (Wildman–Crippen MR) is 105 cm³/mol. The number of rotatable bonds is 4. The van der Waals surface area contributed by atoms with Crippen molar-refractivity contribution in [2.45, 2.75) is 27.7 Å². The zero-order valence-corrected chi connectivity index (χ0v) is 15.4. The Morgan fingerprint density at radius 2 is 1.62 bits per heavy atom. The highest BCUT2D eigenvalue weighted by molar-refractivity contribution is 6.03. The van der Waals surface area contributed by atoms with Crippen LogP contribution < -0.4 is 10.6 Å². The molecule has 0 spiro atoms. The second-order valence-electron chi connectivity index (χ2n) is 6.45. The lowest BCUT2D eigenvalue weighted by Crippen LogP contribution is -2.15. The maximum atomic E-state index is 12.4. The molecule has 0 aliphatic rings. The van der Waals surface area contributed by atoms with Crippen molar-refractivity contribution >= 4 is 23.1 Å². The van der Waals surface area contributed by atoms with Gasteiger partial charge in [0.2, 0.25) is 0 Å². The number of nitrogens with zero attached hydrogens (tertiary/aromatic N) is 2. The van der Waals surface area contributed by atoms with Gasteiger partial charge in [-0.1, -0.05) is 30.3 Å². The molecule has 2 aromatic carbocycles. The molecule has 3 rings (SSSR count). The molecular weight excluding hydrogens is 324 g/mol. The van der Waals surface area contributed by atoms with Crippen LogP contribution in [0, 0.1) is 27.7 Å². The number of hydrogen-bond donors (Lipinski definition) is 2. The van der Waals surface area contributed by atoms with Gasteiger partial charge >= 0.3 is 0 Å². The minimum atomic E-state index is -0.273. The molecule has 0 bridgehead atoms. The molecule has 0 radical (unpaired) electrons. The van der Waals surface area contributed by atoms with Crippen molar-refractivity contribution in [3.8, 4) is 0 Å². The zero-order chi connectivity index (χ0) is 18.7. The van der Waals surface area contributed by atoms with E-state index in [-0.39, 0.29) is 11.6 Å². The van der Waals surface area contributed by atoms with Gasteiger partial charge in [-0.2, -0.15) is 0 Å². The molecule has 5 nitrogen and oxygen atoms in total. The Bertz CT molecular complexity index is 928. The number of carbonyl (C=O) groups excluding carboxylic acids is 1. The largest absolute Gasteiger partial charge is 0.339 e. The lowest BCUT2D eigenvalue weighted by atomic mass is 10.1. The molecule has 26 heavy (non-hydrogen) atoms. The zero-order valence-electron chi connectivity index (χ0n) is 15.4. The van der Waals surface area contributed by atoms with Crippen LogP contribution in [-0.4, -0.2) is 15.9 Å². The van der Waals surface area contributed by atoms with Crippen molar-refractivity contribution in [2.75, 3.05) is 10.6 Å². The van der Waals surface area contributed by atoms with E-state index in [1.807, 2.05) is 64.1 Å². The van der Waals surface area contributed by atoms with E-state index in [0.717, 1.165) is 33.6 Å². The summed E-state index contributed by atoms with van der Waals surface area (Å²) in [5, 5.41) is 6.16. The highest BCUT2D eigenvalue weighted by Crippen LogP contribution is 2.23. The normalized spacial score (nSPS) is 10.5. The average molecular weight is 346 g/mol. The number of nitrogens with one attached hydrogen (secondary N) is 2. The van der Waals surface area contributed by atoms with Crippen LogP contribution >= 0.6 is 0 Å². The van der Waals surface area contributed by atoms with Gasteiger partial charge in [0, 0.05) is 11.4 Å². The van der Waals surface area contributed by atoms with Crippen molar-refractivity contribution in [3.05, 3.63) is 76.7 Å². The van der Waals surface area contributed by atoms with E-state index in [4.69, 9.17) is 0 Å². The maximum absolute atomic E-state index is 12.4. The standard InChI is InChI=1S/C21H22N4O/c1-13-8-9-14(2)17(10-13)24-21(26)18-11-23-19(12-22-18)25-20-15(3)6-5-7-16(20)4/h5-12H,1-4H3,(H,23,25)(H,24,26). The van der Waals surface area contributed by atoms with Gasteiger partial charge in [-0.25, -0.2) is 9.97 Å². The summed E-state index contributed by atoms with van der Waals surface area (Å²) in [7, 11) is 0. The van der Waals surface area contributed by atoms with E-state index in [0.29, 0.717) is 5.82 Å². The molecule has 0 atom stereocenters. The van der Waals surface area contributed by atoms with Crippen LogP contribution in [0.4, 0.5) is 17.2 Å². The second kappa shape index (κ2) is 7.35. The van der Waals surface area contributed by atoms with Gasteiger partial charge < -0.3 is 10.6 Å².